The normalized spacial score (nSPS) is 16.5. The molecule has 6 nitrogen and oxygen atoms in total. The van der Waals surface area contributed by atoms with E-state index in [9.17, 15) is 9.90 Å². The first-order valence-corrected chi connectivity index (χ1v) is 7.59. The molecule has 1 aliphatic rings. The number of pyridine rings is 1. The highest BCUT2D eigenvalue weighted by atomic mass is 16.3. The van der Waals surface area contributed by atoms with Crippen LogP contribution in [0.1, 0.15) is 25.8 Å². The second-order valence-corrected chi connectivity index (χ2v) is 5.87. The summed E-state index contributed by atoms with van der Waals surface area (Å²) < 4.78 is 0. The third-order valence-electron chi connectivity index (χ3n) is 3.99. The summed E-state index contributed by atoms with van der Waals surface area (Å²) in [5.74, 6) is 0.749. The van der Waals surface area contributed by atoms with Crippen molar-refractivity contribution < 1.29 is 9.90 Å². The minimum atomic E-state index is -0.591. The molecule has 1 aromatic heterocycles. The summed E-state index contributed by atoms with van der Waals surface area (Å²) in [5, 5.41) is 19.0. The van der Waals surface area contributed by atoms with Gasteiger partial charge in [-0.25, -0.2) is 4.98 Å². The summed E-state index contributed by atoms with van der Waals surface area (Å²) in [6.07, 6.45) is 1.25. The summed E-state index contributed by atoms with van der Waals surface area (Å²) >= 11 is 0. The molecular weight excluding hydrogens is 280 g/mol. The van der Waals surface area contributed by atoms with Crippen molar-refractivity contribution in [3.05, 3.63) is 23.9 Å². The summed E-state index contributed by atoms with van der Waals surface area (Å²) in [5.41, 5.74) is 0.553. The van der Waals surface area contributed by atoms with Crippen molar-refractivity contribution in [1.82, 2.24) is 9.88 Å². The van der Waals surface area contributed by atoms with Crippen LogP contribution in [-0.4, -0.2) is 53.2 Å². The van der Waals surface area contributed by atoms with E-state index in [1.165, 1.54) is 0 Å². The summed E-state index contributed by atoms with van der Waals surface area (Å²) in [7, 11) is 0. The number of carbonyl (C=O) groups excluding carboxylic acids is 1. The van der Waals surface area contributed by atoms with Crippen LogP contribution in [0.3, 0.4) is 0 Å². The molecule has 1 atom stereocenters. The number of aromatic nitrogens is 1. The molecule has 0 aliphatic carbocycles. The van der Waals surface area contributed by atoms with Crippen LogP contribution in [0.25, 0.3) is 0 Å². The minimum Gasteiger partial charge on any atom is -0.392 e. The Labute approximate surface area is 131 Å². The Hall–Kier alpha value is -2.13. The molecule has 1 aliphatic heterocycles. The largest absolute Gasteiger partial charge is 0.392 e. The minimum absolute atomic E-state index is 0.0117. The lowest BCUT2D eigenvalue weighted by molar-refractivity contribution is -0.134. The van der Waals surface area contributed by atoms with E-state index in [-0.39, 0.29) is 18.2 Å². The third-order valence-corrected chi connectivity index (χ3v) is 3.99. The number of amides is 1. The molecule has 1 fully saturated rings. The van der Waals surface area contributed by atoms with Crippen LogP contribution >= 0.6 is 0 Å². The van der Waals surface area contributed by atoms with E-state index in [4.69, 9.17) is 5.26 Å². The fourth-order valence-electron chi connectivity index (χ4n) is 2.45. The van der Waals surface area contributed by atoms with Gasteiger partial charge in [0.05, 0.1) is 18.1 Å². The third kappa shape index (κ3) is 3.74. The zero-order chi connectivity index (χ0) is 16.1. The fraction of sp³-hybridized carbons (Fsp3) is 0.562. The van der Waals surface area contributed by atoms with Gasteiger partial charge in [0, 0.05) is 32.4 Å². The van der Waals surface area contributed by atoms with Crippen molar-refractivity contribution in [3.8, 4) is 6.07 Å². The molecule has 6 heteroatoms. The molecule has 0 spiro atoms. The maximum absolute atomic E-state index is 12.2. The van der Waals surface area contributed by atoms with Gasteiger partial charge in [-0.1, -0.05) is 13.8 Å². The average molecular weight is 302 g/mol. The summed E-state index contributed by atoms with van der Waals surface area (Å²) in [4.78, 5) is 20.2. The Morgan fingerprint density at radius 1 is 1.41 bits per heavy atom. The molecule has 2 rings (SSSR count). The molecule has 0 radical (unpaired) electrons. The Kier molecular flexibility index (Phi) is 5.34. The zero-order valence-electron chi connectivity index (χ0n) is 13.1. The van der Waals surface area contributed by atoms with Gasteiger partial charge in [-0.15, -0.1) is 0 Å². The standard InChI is InChI=1S/C16H22N4O2/c1-12(2)14(21)10-15(22)19-6-8-20(9-7-19)16-13(11-17)4-3-5-18-16/h3-5,12,14,21H,6-10H2,1-2H3. The highest BCUT2D eigenvalue weighted by Gasteiger charge is 2.25. The van der Waals surface area contributed by atoms with Crippen LogP contribution < -0.4 is 4.90 Å². The number of rotatable bonds is 4. The number of carbonyl (C=O) groups is 1. The Balaban J connectivity index is 1.93. The monoisotopic (exact) mass is 302 g/mol. The highest BCUT2D eigenvalue weighted by Crippen LogP contribution is 2.18. The van der Waals surface area contributed by atoms with Crippen LogP contribution in [0, 0.1) is 17.2 Å². The second-order valence-electron chi connectivity index (χ2n) is 5.87. The summed E-state index contributed by atoms with van der Waals surface area (Å²) in [6.45, 7) is 6.28. The molecule has 1 N–H and O–H groups in total. The number of aliphatic hydroxyl groups is 1. The van der Waals surface area contributed by atoms with Gasteiger partial charge in [0.2, 0.25) is 5.91 Å². The number of hydrogen-bond donors (Lipinski definition) is 1. The van der Waals surface area contributed by atoms with Crippen molar-refractivity contribution in [2.75, 3.05) is 31.1 Å². The predicted octanol–water partition coefficient (Wildman–Crippen LogP) is 1.01. The van der Waals surface area contributed by atoms with Gasteiger partial charge in [-0.2, -0.15) is 5.26 Å². The average Bonchev–Trinajstić information content (AvgIpc) is 2.54. The van der Waals surface area contributed by atoms with Crippen LogP contribution in [0.4, 0.5) is 5.82 Å². The Morgan fingerprint density at radius 2 is 2.09 bits per heavy atom. The molecule has 1 saturated heterocycles. The van der Waals surface area contributed by atoms with E-state index in [2.05, 4.69) is 11.1 Å². The highest BCUT2D eigenvalue weighted by molar-refractivity contribution is 5.77. The van der Waals surface area contributed by atoms with Crippen molar-refractivity contribution in [3.63, 3.8) is 0 Å². The van der Waals surface area contributed by atoms with Gasteiger partial charge in [0.15, 0.2) is 0 Å². The topological polar surface area (TPSA) is 80.5 Å². The lowest BCUT2D eigenvalue weighted by Gasteiger charge is -2.36. The van der Waals surface area contributed by atoms with Gasteiger partial charge in [0.25, 0.3) is 0 Å². The smallest absolute Gasteiger partial charge is 0.225 e. The van der Waals surface area contributed by atoms with Crippen molar-refractivity contribution >= 4 is 11.7 Å². The first kappa shape index (κ1) is 16.2. The molecule has 1 unspecified atom stereocenters. The maximum Gasteiger partial charge on any atom is 0.225 e. The van der Waals surface area contributed by atoms with E-state index in [1.54, 1.807) is 23.2 Å². The quantitative estimate of drug-likeness (QED) is 0.898. The predicted molar refractivity (Wildman–Crippen MR) is 83.2 cm³/mol. The molecule has 1 amide bonds. The molecule has 2 heterocycles. The van der Waals surface area contributed by atoms with E-state index < -0.39 is 6.10 Å². The van der Waals surface area contributed by atoms with E-state index in [0.717, 1.165) is 0 Å². The Morgan fingerprint density at radius 3 is 2.68 bits per heavy atom. The lowest BCUT2D eigenvalue weighted by atomic mass is 10.0. The zero-order valence-corrected chi connectivity index (χ0v) is 13.1. The first-order valence-electron chi connectivity index (χ1n) is 7.59. The van der Waals surface area contributed by atoms with E-state index in [1.807, 2.05) is 18.7 Å². The number of anilines is 1. The van der Waals surface area contributed by atoms with E-state index >= 15 is 0 Å². The number of nitriles is 1. The second kappa shape index (κ2) is 7.23. The Bertz CT molecular complexity index is 560. The summed E-state index contributed by atoms with van der Waals surface area (Å²) in [6, 6.07) is 5.64. The number of hydrogen-bond acceptors (Lipinski definition) is 5. The van der Waals surface area contributed by atoms with Crippen LogP contribution in [0.2, 0.25) is 0 Å². The van der Waals surface area contributed by atoms with Crippen LogP contribution in [-0.2, 0) is 4.79 Å². The molecule has 22 heavy (non-hydrogen) atoms. The molecule has 0 aromatic carbocycles. The van der Waals surface area contributed by atoms with Gasteiger partial charge in [-0.05, 0) is 18.1 Å². The van der Waals surface area contributed by atoms with Gasteiger partial charge in [0.1, 0.15) is 11.9 Å². The number of nitrogens with zero attached hydrogens (tertiary/aromatic N) is 4. The van der Waals surface area contributed by atoms with Gasteiger partial charge in [-0.3, -0.25) is 4.79 Å². The van der Waals surface area contributed by atoms with E-state index in [0.29, 0.717) is 37.6 Å². The van der Waals surface area contributed by atoms with Gasteiger partial charge < -0.3 is 14.9 Å². The maximum atomic E-state index is 12.2. The number of piperazine rings is 1. The van der Waals surface area contributed by atoms with Crippen molar-refractivity contribution in [2.45, 2.75) is 26.4 Å². The molecular formula is C16H22N4O2. The molecule has 0 bridgehead atoms. The molecule has 0 saturated carbocycles. The van der Waals surface area contributed by atoms with Crippen LogP contribution in [0.5, 0.6) is 0 Å². The number of aliphatic hydroxyl groups excluding tert-OH is 1. The SMILES string of the molecule is CC(C)C(O)CC(=O)N1CCN(c2ncccc2C#N)CC1. The fourth-order valence-corrected chi connectivity index (χ4v) is 2.45. The first-order chi connectivity index (χ1) is 10.5. The van der Waals surface area contributed by atoms with Crippen LogP contribution in [0.15, 0.2) is 18.3 Å². The molecule has 118 valence electrons. The van der Waals surface area contributed by atoms with Gasteiger partial charge >= 0.3 is 0 Å². The van der Waals surface area contributed by atoms with Crippen molar-refractivity contribution in [1.29, 1.82) is 5.26 Å². The lowest BCUT2D eigenvalue weighted by Crippen LogP contribution is -2.50. The molecule has 1 aromatic rings. The van der Waals surface area contributed by atoms with Crippen molar-refractivity contribution in [2.24, 2.45) is 5.92 Å².